The largest absolute Gasteiger partial charge is 0.497 e. The smallest absolute Gasteiger partial charge is 0.338 e. The first kappa shape index (κ1) is 12.5. The van der Waals surface area contributed by atoms with Crippen LogP contribution in [0.3, 0.4) is 0 Å². The first-order chi connectivity index (χ1) is 8.08. The lowest BCUT2D eigenvalue weighted by Crippen LogP contribution is -1.97. The van der Waals surface area contributed by atoms with Crippen molar-refractivity contribution in [2.24, 2.45) is 5.11 Å². The summed E-state index contributed by atoms with van der Waals surface area (Å²) in [6.45, 7) is 0. The van der Waals surface area contributed by atoms with Crippen molar-refractivity contribution in [3.63, 3.8) is 0 Å². The van der Waals surface area contributed by atoms with Crippen molar-refractivity contribution < 1.29 is 19.0 Å². The van der Waals surface area contributed by atoms with Gasteiger partial charge in [0.2, 0.25) is 0 Å². The normalized spacial score (nSPS) is 10.6. The summed E-state index contributed by atoms with van der Waals surface area (Å²) < 4.78 is 18.2. The maximum absolute atomic E-state index is 13.4. The van der Waals surface area contributed by atoms with Crippen LogP contribution in [-0.2, 0) is 4.79 Å². The van der Waals surface area contributed by atoms with Gasteiger partial charge in [-0.05, 0) is 23.7 Å². The molecule has 17 heavy (non-hydrogen) atoms. The highest BCUT2D eigenvalue weighted by atomic mass is 19.1. The quantitative estimate of drug-likeness (QED) is 0.377. The second-order valence-electron chi connectivity index (χ2n) is 2.91. The Bertz CT molecular complexity index is 518. The van der Waals surface area contributed by atoms with Gasteiger partial charge in [-0.2, -0.15) is 0 Å². The minimum absolute atomic E-state index is 0.00407. The molecule has 1 aromatic carbocycles. The van der Waals surface area contributed by atoms with Gasteiger partial charge in [0.25, 0.3) is 0 Å². The summed E-state index contributed by atoms with van der Waals surface area (Å²) in [4.78, 5) is 13.0. The molecule has 0 unspecified atom stereocenters. The molecule has 0 aromatic heterocycles. The molecule has 6 nitrogen and oxygen atoms in total. The fourth-order valence-electron chi connectivity index (χ4n) is 1.08. The fraction of sp³-hybridized carbons (Fsp3) is 0.100. The number of nitrogens with zero attached hydrogens (tertiary/aromatic N) is 3. The molecule has 0 aliphatic carbocycles. The van der Waals surface area contributed by atoms with Crippen LogP contribution < -0.4 is 4.74 Å². The third-order valence-corrected chi connectivity index (χ3v) is 1.87. The highest BCUT2D eigenvalue weighted by molar-refractivity contribution is 5.91. The Labute approximate surface area is 95.6 Å². The molecule has 0 aliphatic heterocycles. The van der Waals surface area contributed by atoms with E-state index in [2.05, 4.69) is 10.0 Å². The first-order valence-corrected chi connectivity index (χ1v) is 4.42. The Morgan fingerprint density at radius 1 is 1.65 bits per heavy atom. The molecule has 0 fully saturated rings. The van der Waals surface area contributed by atoms with Gasteiger partial charge in [0.05, 0.1) is 7.11 Å². The van der Waals surface area contributed by atoms with Crippen LogP contribution >= 0.6 is 0 Å². The maximum Gasteiger partial charge on any atom is 0.338 e. The maximum atomic E-state index is 13.4. The molecule has 0 heterocycles. The molecule has 88 valence electrons. The van der Waals surface area contributed by atoms with E-state index in [4.69, 9.17) is 15.4 Å². The first-order valence-electron chi connectivity index (χ1n) is 4.42. The standard InChI is InChI=1S/C10H8FN3O3/c1-17-7-3-2-6(8(11)5-7)4-9(10(15)16)13-14-12/h2-5H,1H3,(H,15,16)/b9-4-. The number of aliphatic carboxylic acids is 1. The Hall–Kier alpha value is -2.53. The van der Waals surface area contributed by atoms with Gasteiger partial charge < -0.3 is 9.84 Å². The van der Waals surface area contributed by atoms with E-state index in [1.54, 1.807) is 0 Å². The molecule has 1 aromatic rings. The molecular formula is C10H8FN3O3. The van der Waals surface area contributed by atoms with Crippen LogP contribution in [0.25, 0.3) is 16.5 Å². The van der Waals surface area contributed by atoms with E-state index < -0.39 is 17.5 Å². The summed E-state index contributed by atoms with van der Waals surface area (Å²) in [5, 5.41) is 11.6. The van der Waals surface area contributed by atoms with E-state index >= 15 is 0 Å². The summed E-state index contributed by atoms with van der Waals surface area (Å²) in [7, 11) is 1.38. The Morgan fingerprint density at radius 2 is 2.35 bits per heavy atom. The SMILES string of the molecule is COc1ccc(/C=C(\N=[N+]=[N-])C(=O)O)c(F)c1. The minimum Gasteiger partial charge on any atom is -0.497 e. The Morgan fingerprint density at radius 3 is 2.82 bits per heavy atom. The Balaban J connectivity index is 3.20. The van der Waals surface area contributed by atoms with E-state index in [1.165, 1.54) is 19.2 Å². The number of carboxylic acids is 1. The molecular weight excluding hydrogens is 229 g/mol. The fourth-order valence-corrected chi connectivity index (χ4v) is 1.08. The molecule has 0 amide bonds. The van der Waals surface area contributed by atoms with Crippen molar-refractivity contribution in [1.29, 1.82) is 0 Å². The lowest BCUT2D eigenvalue weighted by molar-refractivity contribution is -0.132. The number of ether oxygens (including phenoxy) is 1. The van der Waals surface area contributed by atoms with E-state index in [0.717, 1.165) is 12.1 Å². The minimum atomic E-state index is -1.43. The molecule has 0 radical (unpaired) electrons. The molecule has 1 N–H and O–H groups in total. The van der Waals surface area contributed by atoms with Crippen LogP contribution in [-0.4, -0.2) is 18.2 Å². The number of rotatable bonds is 4. The molecule has 7 heteroatoms. The third kappa shape index (κ3) is 3.22. The number of hydrogen-bond acceptors (Lipinski definition) is 3. The van der Waals surface area contributed by atoms with Crippen molar-refractivity contribution in [3.8, 4) is 5.75 Å². The molecule has 1 rings (SSSR count). The summed E-state index contributed by atoms with van der Waals surface area (Å²) in [5.74, 6) is -1.80. The van der Waals surface area contributed by atoms with Crippen molar-refractivity contribution in [2.45, 2.75) is 0 Å². The number of benzene rings is 1. The van der Waals surface area contributed by atoms with E-state index in [9.17, 15) is 9.18 Å². The second-order valence-corrected chi connectivity index (χ2v) is 2.91. The number of azide groups is 1. The summed E-state index contributed by atoms with van der Waals surface area (Å²) in [6.07, 6.45) is 0.941. The van der Waals surface area contributed by atoms with Gasteiger partial charge in [-0.3, -0.25) is 0 Å². The van der Waals surface area contributed by atoms with Crippen LogP contribution in [0.15, 0.2) is 29.0 Å². The molecule has 0 aliphatic rings. The van der Waals surface area contributed by atoms with Crippen molar-refractivity contribution in [1.82, 2.24) is 0 Å². The molecule has 0 atom stereocenters. The number of methoxy groups -OCH3 is 1. The predicted molar refractivity (Wildman–Crippen MR) is 57.7 cm³/mol. The molecule has 0 spiro atoms. The topological polar surface area (TPSA) is 95.3 Å². The van der Waals surface area contributed by atoms with Crippen LogP contribution in [0.4, 0.5) is 4.39 Å². The van der Waals surface area contributed by atoms with Crippen LogP contribution in [0.5, 0.6) is 5.75 Å². The Kier molecular flexibility index (Phi) is 4.08. The molecule has 0 saturated heterocycles. The zero-order valence-electron chi connectivity index (χ0n) is 8.79. The lowest BCUT2D eigenvalue weighted by Gasteiger charge is -2.02. The van der Waals surface area contributed by atoms with Gasteiger partial charge in [-0.25, -0.2) is 9.18 Å². The monoisotopic (exact) mass is 237 g/mol. The van der Waals surface area contributed by atoms with Crippen LogP contribution in [0.2, 0.25) is 0 Å². The van der Waals surface area contributed by atoms with Gasteiger partial charge in [0.15, 0.2) is 0 Å². The third-order valence-electron chi connectivity index (χ3n) is 1.87. The van der Waals surface area contributed by atoms with Crippen LogP contribution in [0, 0.1) is 5.82 Å². The van der Waals surface area contributed by atoms with Crippen molar-refractivity contribution >= 4 is 12.0 Å². The average Bonchev–Trinajstić information content (AvgIpc) is 2.30. The summed E-state index contributed by atoms with van der Waals surface area (Å²) >= 11 is 0. The van der Waals surface area contributed by atoms with Gasteiger partial charge in [-0.15, -0.1) is 0 Å². The average molecular weight is 237 g/mol. The van der Waals surface area contributed by atoms with E-state index in [0.29, 0.717) is 5.75 Å². The zero-order chi connectivity index (χ0) is 12.8. The highest BCUT2D eigenvalue weighted by Gasteiger charge is 2.07. The highest BCUT2D eigenvalue weighted by Crippen LogP contribution is 2.19. The van der Waals surface area contributed by atoms with Gasteiger partial charge in [0, 0.05) is 16.5 Å². The number of hydrogen-bond donors (Lipinski definition) is 1. The van der Waals surface area contributed by atoms with Crippen LogP contribution in [0.1, 0.15) is 5.56 Å². The zero-order valence-corrected chi connectivity index (χ0v) is 8.79. The lowest BCUT2D eigenvalue weighted by atomic mass is 10.1. The predicted octanol–water partition coefficient (Wildman–Crippen LogP) is 2.57. The van der Waals surface area contributed by atoms with Gasteiger partial charge in [-0.1, -0.05) is 5.11 Å². The second kappa shape index (κ2) is 5.53. The van der Waals surface area contributed by atoms with Gasteiger partial charge >= 0.3 is 5.97 Å². The number of carboxylic acid groups (broad SMARTS) is 1. The number of carbonyl (C=O) groups is 1. The summed E-state index contributed by atoms with van der Waals surface area (Å²) in [5.41, 5.74) is 7.56. The molecule has 0 bridgehead atoms. The molecule has 0 saturated carbocycles. The van der Waals surface area contributed by atoms with E-state index in [-0.39, 0.29) is 5.56 Å². The van der Waals surface area contributed by atoms with E-state index in [1.807, 2.05) is 0 Å². The summed E-state index contributed by atoms with van der Waals surface area (Å²) in [6, 6.07) is 3.88. The van der Waals surface area contributed by atoms with Gasteiger partial charge in [0.1, 0.15) is 17.3 Å². The van der Waals surface area contributed by atoms with Crippen molar-refractivity contribution in [2.75, 3.05) is 7.11 Å². The number of halogens is 1. The van der Waals surface area contributed by atoms with Crippen molar-refractivity contribution in [3.05, 3.63) is 45.7 Å².